The molecule has 5 nitrogen and oxygen atoms in total. The molecule has 0 saturated carbocycles. The second-order valence-electron chi connectivity index (χ2n) is 25.0. The van der Waals surface area contributed by atoms with Gasteiger partial charge in [0.25, 0.3) is 6.33 Å². The third-order valence-corrected chi connectivity index (χ3v) is 14.6. The maximum absolute atomic E-state index is 7.18. The molecule has 9 rings (SSSR count). The van der Waals surface area contributed by atoms with Crippen LogP contribution in [0, 0.1) is 6.33 Å². The van der Waals surface area contributed by atoms with Crippen molar-refractivity contribution in [1.29, 1.82) is 0 Å². The van der Waals surface area contributed by atoms with Crippen molar-refractivity contribution in [1.82, 2.24) is 14.1 Å². The molecule has 0 aliphatic heterocycles. The fourth-order valence-corrected chi connectivity index (χ4v) is 10.3. The van der Waals surface area contributed by atoms with Gasteiger partial charge in [-0.1, -0.05) is 196 Å². The highest BCUT2D eigenvalue weighted by atomic mass is 16.5. The zero-order valence-corrected chi connectivity index (χ0v) is 45.2. The van der Waals surface area contributed by atoms with Crippen LogP contribution in [0.25, 0.3) is 39.0 Å². The molecular formula is C66H74N4O. The Morgan fingerprint density at radius 2 is 1.00 bits per heavy atom. The summed E-state index contributed by atoms with van der Waals surface area (Å²) in [5, 5.41) is 2.33. The molecule has 0 bridgehead atoms. The van der Waals surface area contributed by atoms with Crippen molar-refractivity contribution in [2.24, 2.45) is 0 Å². The number of imidazole rings is 1. The number of aromatic nitrogens is 4. The molecule has 0 aliphatic carbocycles. The molecule has 0 unspecified atom stereocenters. The minimum atomic E-state index is -0.369. The van der Waals surface area contributed by atoms with E-state index in [1.165, 1.54) is 44.6 Å². The van der Waals surface area contributed by atoms with Crippen LogP contribution in [0.15, 0.2) is 158 Å². The van der Waals surface area contributed by atoms with Crippen molar-refractivity contribution in [2.75, 3.05) is 0 Å². The van der Waals surface area contributed by atoms with Crippen molar-refractivity contribution in [3.8, 4) is 28.7 Å². The van der Waals surface area contributed by atoms with Gasteiger partial charge < -0.3 is 4.74 Å². The van der Waals surface area contributed by atoms with Crippen LogP contribution in [-0.2, 0) is 32.5 Å². The molecule has 0 N–H and O–H groups in total. The van der Waals surface area contributed by atoms with Crippen molar-refractivity contribution < 1.29 is 9.30 Å². The fraction of sp³-hybridized carbons (Fsp3) is 0.333. The van der Waals surface area contributed by atoms with E-state index < -0.39 is 0 Å². The predicted octanol–water partition coefficient (Wildman–Crippen LogP) is 16.7. The first-order valence-electron chi connectivity index (χ1n) is 25.5. The Morgan fingerprint density at radius 3 is 1.59 bits per heavy atom. The average molecular weight is 939 g/mol. The lowest BCUT2D eigenvalue weighted by Gasteiger charge is -2.32. The van der Waals surface area contributed by atoms with Gasteiger partial charge in [-0.15, -0.1) is 0 Å². The summed E-state index contributed by atoms with van der Waals surface area (Å²) in [5.41, 5.74) is 12.8. The largest absolute Gasteiger partial charge is 0.458 e. The van der Waals surface area contributed by atoms with E-state index in [0.717, 1.165) is 50.7 Å². The van der Waals surface area contributed by atoms with Gasteiger partial charge in [0.1, 0.15) is 17.3 Å². The molecule has 0 radical (unpaired) electrons. The third kappa shape index (κ3) is 9.37. The van der Waals surface area contributed by atoms with Crippen LogP contribution in [0.2, 0.25) is 0 Å². The quantitative estimate of drug-likeness (QED) is 0.107. The summed E-state index contributed by atoms with van der Waals surface area (Å²) in [5.74, 6) is 2.39. The van der Waals surface area contributed by atoms with Crippen LogP contribution in [0.4, 0.5) is 0 Å². The van der Waals surface area contributed by atoms with E-state index >= 15 is 0 Å². The lowest BCUT2D eigenvalue weighted by Crippen LogP contribution is -2.41. The Bertz CT molecular complexity index is 3410. The minimum Gasteiger partial charge on any atom is -0.458 e. The van der Waals surface area contributed by atoms with Crippen LogP contribution in [0.1, 0.15) is 156 Å². The highest BCUT2D eigenvalue weighted by Gasteiger charge is 2.36. The summed E-state index contributed by atoms with van der Waals surface area (Å²) >= 11 is 0. The molecule has 3 aromatic heterocycles. The zero-order chi connectivity index (χ0) is 51.1. The standard InChI is InChI=1S/C66H74N4O/c1-61(2,3)46-33-34-67-58(40-46)70-56-30-24-23-29-54(56)55-32-31-52(42-57(55)70)71-53-39-49(66(15,16)45-27-21-18-22-28-45)38-51(41-53)69-43-68(59(63(7,8)9)60(69)64(10,11)12)50-36-47(62(4,5)6)35-48(37-50)65(13,14)44-25-19-17-20-26-44/h17-42H,1-16H3. The van der Waals surface area contributed by atoms with E-state index in [1.807, 2.05) is 6.20 Å². The first-order chi connectivity index (χ1) is 33.2. The van der Waals surface area contributed by atoms with Crippen molar-refractivity contribution in [3.05, 3.63) is 209 Å². The topological polar surface area (TPSA) is 35.9 Å². The second kappa shape index (κ2) is 17.5. The van der Waals surface area contributed by atoms with Crippen LogP contribution in [0.5, 0.6) is 11.5 Å². The third-order valence-electron chi connectivity index (χ3n) is 14.6. The molecule has 9 aromatic rings. The molecule has 364 valence electrons. The molecule has 0 saturated heterocycles. The van der Waals surface area contributed by atoms with Gasteiger partial charge in [0, 0.05) is 33.9 Å². The van der Waals surface area contributed by atoms with Crippen LogP contribution in [0.3, 0.4) is 0 Å². The highest BCUT2D eigenvalue weighted by molar-refractivity contribution is 6.09. The second-order valence-corrected chi connectivity index (χ2v) is 25.0. The van der Waals surface area contributed by atoms with E-state index in [0.29, 0.717) is 0 Å². The van der Waals surface area contributed by atoms with E-state index in [4.69, 9.17) is 9.72 Å². The molecule has 0 atom stereocenters. The number of rotatable bonds is 9. The molecular weight excluding hydrogens is 865 g/mol. The average Bonchev–Trinajstić information content (AvgIpc) is 3.90. The Labute approximate surface area is 424 Å². The SMILES string of the molecule is CC(C)(C)c1cc(-[n+]2[c-]n(-c3cc(Oc4ccc5c6ccccc6n(-c6cc(C(C)(C)C)ccn6)c5c4)cc(C(C)(C)c4ccccc4)c3)c(C(C)(C)C)c2C(C)(C)C)cc(C(C)(C)c2ccccc2)c1. The summed E-state index contributed by atoms with van der Waals surface area (Å²) in [6.07, 6.45) is 5.98. The van der Waals surface area contributed by atoms with Gasteiger partial charge in [-0.05, 0) is 116 Å². The van der Waals surface area contributed by atoms with Gasteiger partial charge in [0.2, 0.25) is 0 Å². The number of para-hydroxylation sites is 1. The smallest absolute Gasteiger partial charge is 0.269 e. The normalized spacial score (nSPS) is 13.1. The highest BCUT2D eigenvalue weighted by Crippen LogP contribution is 2.42. The van der Waals surface area contributed by atoms with E-state index in [9.17, 15) is 0 Å². The molecule has 71 heavy (non-hydrogen) atoms. The molecule has 0 fully saturated rings. The maximum Gasteiger partial charge on any atom is 0.269 e. The lowest BCUT2D eigenvalue weighted by atomic mass is 9.75. The van der Waals surface area contributed by atoms with E-state index in [-0.39, 0.29) is 32.5 Å². The molecule has 6 aromatic carbocycles. The van der Waals surface area contributed by atoms with Gasteiger partial charge in [-0.2, -0.15) is 0 Å². The van der Waals surface area contributed by atoms with Crippen molar-refractivity contribution in [3.63, 3.8) is 0 Å². The summed E-state index contributed by atoms with van der Waals surface area (Å²) in [6.45, 7) is 37.0. The number of ether oxygens (including phenoxy) is 1. The van der Waals surface area contributed by atoms with Gasteiger partial charge in [0.15, 0.2) is 0 Å². The number of benzene rings is 6. The number of nitrogens with zero attached hydrogens (tertiary/aromatic N) is 4. The van der Waals surface area contributed by atoms with Crippen LogP contribution >= 0.6 is 0 Å². The first kappa shape index (κ1) is 49.3. The summed E-state index contributed by atoms with van der Waals surface area (Å²) in [4.78, 5) is 4.96. The molecule has 0 amide bonds. The number of pyridine rings is 1. The Morgan fingerprint density at radius 1 is 0.437 bits per heavy atom. The molecule has 5 heteroatoms. The molecule has 0 spiro atoms. The number of hydrogen-bond donors (Lipinski definition) is 0. The van der Waals surface area contributed by atoms with Crippen molar-refractivity contribution >= 4 is 21.8 Å². The Balaban J connectivity index is 1.28. The van der Waals surface area contributed by atoms with Gasteiger partial charge in [-0.3, -0.25) is 13.7 Å². The zero-order valence-electron chi connectivity index (χ0n) is 45.2. The summed E-state index contributed by atoms with van der Waals surface area (Å²) < 4.78 is 14.2. The van der Waals surface area contributed by atoms with E-state index in [2.05, 4.69) is 282 Å². The van der Waals surface area contributed by atoms with Crippen molar-refractivity contribution in [2.45, 2.75) is 143 Å². The Kier molecular flexibility index (Phi) is 12.2. The summed E-state index contributed by atoms with van der Waals surface area (Å²) in [7, 11) is 0. The van der Waals surface area contributed by atoms with E-state index in [1.54, 1.807) is 0 Å². The monoisotopic (exact) mass is 939 g/mol. The Hall–Kier alpha value is -6.72. The minimum absolute atomic E-state index is 0.0312. The van der Waals surface area contributed by atoms with Crippen LogP contribution < -0.4 is 9.30 Å². The van der Waals surface area contributed by atoms with Gasteiger partial charge in [-0.25, -0.2) is 4.98 Å². The van der Waals surface area contributed by atoms with Gasteiger partial charge in [0.05, 0.1) is 33.8 Å². The van der Waals surface area contributed by atoms with Crippen LogP contribution in [-0.4, -0.2) is 14.1 Å². The summed E-state index contributed by atoms with van der Waals surface area (Å²) in [6, 6.07) is 55.2. The first-order valence-corrected chi connectivity index (χ1v) is 25.5. The lowest BCUT2D eigenvalue weighted by molar-refractivity contribution is -0.611. The maximum atomic E-state index is 7.18. The fourth-order valence-electron chi connectivity index (χ4n) is 10.3. The number of hydrogen-bond acceptors (Lipinski definition) is 2. The predicted molar refractivity (Wildman–Crippen MR) is 297 cm³/mol. The number of fused-ring (bicyclic) bond motifs is 3. The molecule has 3 heterocycles. The molecule has 0 aliphatic rings. The van der Waals surface area contributed by atoms with Gasteiger partial charge >= 0.3 is 0 Å².